The molecule has 1 N–H and O–H groups in total. The van der Waals surface area contributed by atoms with E-state index in [-0.39, 0.29) is 12.1 Å². The third-order valence-electron chi connectivity index (χ3n) is 2.87. The zero-order valence-electron chi connectivity index (χ0n) is 7.98. The lowest BCUT2D eigenvalue weighted by atomic mass is 10.2. The highest BCUT2D eigenvalue weighted by Crippen LogP contribution is 2.30. The number of imidazole rings is 1. The van der Waals surface area contributed by atoms with Crippen molar-refractivity contribution in [1.82, 2.24) is 9.55 Å². The molecule has 0 bridgehead atoms. The number of aliphatic hydroxyl groups is 1. The van der Waals surface area contributed by atoms with Crippen LogP contribution in [-0.2, 0) is 6.42 Å². The van der Waals surface area contributed by atoms with Gasteiger partial charge >= 0.3 is 0 Å². The SMILES string of the molecule is CCc1nccn1[C@H]1CCC[C@@H]1O. The van der Waals surface area contributed by atoms with Crippen LogP contribution < -0.4 is 0 Å². The molecule has 1 fully saturated rings. The summed E-state index contributed by atoms with van der Waals surface area (Å²) in [7, 11) is 0. The predicted molar refractivity (Wildman–Crippen MR) is 50.5 cm³/mol. The van der Waals surface area contributed by atoms with E-state index in [1.807, 2.05) is 12.4 Å². The monoisotopic (exact) mass is 180 g/mol. The molecule has 13 heavy (non-hydrogen) atoms. The van der Waals surface area contributed by atoms with Crippen molar-refractivity contribution >= 4 is 0 Å². The number of aryl methyl sites for hydroxylation is 1. The molecule has 0 amide bonds. The first-order valence-electron chi connectivity index (χ1n) is 5.02. The Balaban J connectivity index is 2.23. The van der Waals surface area contributed by atoms with Crippen molar-refractivity contribution < 1.29 is 5.11 Å². The fraction of sp³-hybridized carbons (Fsp3) is 0.700. The molecule has 3 heteroatoms. The number of nitrogens with zero attached hydrogens (tertiary/aromatic N) is 2. The standard InChI is InChI=1S/C10H16N2O/c1-2-10-11-6-7-12(10)8-4-3-5-9(8)13/h6-9,13H,2-5H2,1H3/t8-,9-/m0/s1. The second kappa shape index (κ2) is 3.50. The molecule has 1 heterocycles. The molecule has 1 aromatic rings. The highest BCUT2D eigenvalue weighted by molar-refractivity contribution is 4.98. The zero-order chi connectivity index (χ0) is 9.26. The molecule has 0 unspecified atom stereocenters. The molecule has 72 valence electrons. The second-order valence-electron chi connectivity index (χ2n) is 3.67. The molecule has 2 rings (SSSR count). The van der Waals surface area contributed by atoms with E-state index in [2.05, 4.69) is 16.5 Å². The number of aliphatic hydroxyl groups excluding tert-OH is 1. The van der Waals surface area contributed by atoms with Crippen LogP contribution in [0.4, 0.5) is 0 Å². The van der Waals surface area contributed by atoms with Gasteiger partial charge < -0.3 is 9.67 Å². The second-order valence-corrected chi connectivity index (χ2v) is 3.67. The number of hydrogen-bond acceptors (Lipinski definition) is 2. The van der Waals surface area contributed by atoms with E-state index in [1.54, 1.807) is 0 Å². The smallest absolute Gasteiger partial charge is 0.108 e. The quantitative estimate of drug-likeness (QED) is 0.749. The van der Waals surface area contributed by atoms with Crippen LogP contribution in [-0.4, -0.2) is 20.8 Å². The molecule has 2 atom stereocenters. The normalized spacial score (nSPS) is 28.2. The molecule has 1 aliphatic rings. The highest BCUT2D eigenvalue weighted by atomic mass is 16.3. The van der Waals surface area contributed by atoms with Crippen molar-refractivity contribution in [2.24, 2.45) is 0 Å². The Labute approximate surface area is 78.4 Å². The Morgan fingerprint density at radius 2 is 2.46 bits per heavy atom. The third-order valence-corrected chi connectivity index (χ3v) is 2.87. The lowest BCUT2D eigenvalue weighted by molar-refractivity contribution is 0.135. The van der Waals surface area contributed by atoms with Gasteiger partial charge in [0.2, 0.25) is 0 Å². The van der Waals surface area contributed by atoms with Gasteiger partial charge in [0.05, 0.1) is 12.1 Å². The van der Waals surface area contributed by atoms with Crippen LogP contribution >= 0.6 is 0 Å². The molecule has 3 nitrogen and oxygen atoms in total. The van der Waals surface area contributed by atoms with Gasteiger partial charge in [0.15, 0.2) is 0 Å². The average Bonchev–Trinajstić information content (AvgIpc) is 2.71. The van der Waals surface area contributed by atoms with E-state index in [0.717, 1.165) is 31.5 Å². The van der Waals surface area contributed by atoms with Crippen molar-refractivity contribution in [2.45, 2.75) is 44.8 Å². The first-order valence-corrected chi connectivity index (χ1v) is 5.02. The average molecular weight is 180 g/mol. The zero-order valence-corrected chi connectivity index (χ0v) is 7.98. The lowest BCUT2D eigenvalue weighted by Crippen LogP contribution is -2.19. The van der Waals surface area contributed by atoms with Crippen LogP contribution in [0.3, 0.4) is 0 Å². The minimum Gasteiger partial charge on any atom is -0.391 e. The number of hydrogen-bond donors (Lipinski definition) is 1. The van der Waals surface area contributed by atoms with E-state index < -0.39 is 0 Å². The van der Waals surface area contributed by atoms with Crippen molar-refractivity contribution in [1.29, 1.82) is 0 Å². The van der Waals surface area contributed by atoms with Crippen molar-refractivity contribution in [3.63, 3.8) is 0 Å². The largest absolute Gasteiger partial charge is 0.391 e. The number of aromatic nitrogens is 2. The summed E-state index contributed by atoms with van der Waals surface area (Å²) < 4.78 is 2.14. The Hall–Kier alpha value is -0.830. The predicted octanol–water partition coefficient (Wildman–Crippen LogP) is 1.53. The van der Waals surface area contributed by atoms with E-state index in [9.17, 15) is 5.11 Å². The van der Waals surface area contributed by atoms with E-state index in [1.165, 1.54) is 0 Å². The molecule has 0 saturated heterocycles. The molecule has 0 radical (unpaired) electrons. The summed E-state index contributed by atoms with van der Waals surface area (Å²) in [6, 6.07) is 0.275. The molecule has 1 aromatic heterocycles. The highest BCUT2D eigenvalue weighted by Gasteiger charge is 2.27. The summed E-state index contributed by atoms with van der Waals surface area (Å²) in [6.07, 6.45) is 7.74. The fourth-order valence-electron chi connectivity index (χ4n) is 2.17. The van der Waals surface area contributed by atoms with E-state index in [4.69, 9.17) is 0 Å². The molecule has 0 aromatic carbocycles. The summed E-state index contributed by atoms with van der Waals surface area (Å²) in [6.45, 7) is 2.10. The van der Waals surface area contributed by atoms with Gasteiger partial charge in [0, 0.05) is 18.8 Å². The van der Waals surface area contributed by atoms with Crippen LogP contribution in [0.25, 0.3) is 0 Å². The van der Waals surface area contributed by atoms with Crippen LogP contribution in [0, 0.1) is 0 Å². The molecule has 0 aliphatic heterocycles. The summed E-state index contributed by atoms with van der Waals surface area (Å²) in [5.41, 5.74) is 0. The van der Waals surface area contributed by atoms with Gasteiger partial charge in [-0.15, -0.1) is 0 Å². The van der Waals surface area contributed by atoms with Crippen molar-refractivity contribution in [3.8, 4) is 0 Å². The third kappa shape index (κ3) is 1.48. The first kappa shape index (κ1) is 8.75. The van der Waals surface area contributed by atoms with Gasteiger partial charge in [-0.2, -0.15) is 0 Å². The van der Waals surface area contributed by atoms with Gasteiger partial charge in [-0.1, -0.05) is 6.92 Å². The Morgan fingerprint density at radius 3 is 3.08 bits per heavy atom. The minimum atomic E-state index is -0.167. The maximum absolute atomic E-state index is 9.73. The summed E-state index contributed by atoms with van der Waals surface area (Å²) in [5.74, 6) is 1.09. The lowest BCUT2D eigenvalue weighted by Gasteiger charge is -2.18. The molecular weight excluding hydrogens is 164 g/mol. The summed E-state index contributed by atoms with van der Waals surface area (Å²) >= 11 is 0. The van der Waals surface area contributed by atoms with Crippen LogP contribution in [0.5, 0.6) is 0 Å². The van der Waals surface area contributed by atoms with Crippen molar-refractivity contribution in [3.05, 3.63) is 18.2 Å². The van der Waals surface area contributed by atoms with E-state index >= 15 is 0 Å². The van der Waals surface area contributed by atoms with Gasteiger partial charge in [-0.05, 0) is 19.3 Å². The fourth-order valence-corrected chi connectivity index (χ4v) is 2.17. The molecule has 1 aliphatic carbocycles. The van der Waals surface area contributed by atoms with Crippen LogP contribution in [0.2, 0.25) is 0 Å². The van der Waals surface area contributed by atoms with Gasteiger partial charge in [0.1, 0.15) is 5.82 Å². The number of rotatable bonds is 2. The molecule has 1 saturated carbocycles. The maximum Gasteiger partial charge on any atom is 0.108 e. The van der Waals surface area contributed by atoms with Crippen LogP contribution in [0.1, 0.15) is 38.1 Å². The molecule has 0 spiro atoms. The summed E-state index contributed by atoms with van der Waals surface area (Å²) in [4.78, 5) is 4.27. The minimum absolute atomic E-state index is 0.167. The van der Waals surface area contributed by atoms with E-state index in [0.29, 0.717) is 0 Å². The Morgan fingerprint density at radius 1 is 1.62 bits per heavy atom. The topological polar surface area (TPSA) is 38.0 Å². The van der Waals surface area contributed by atoms with Gasteiger partial charge in [0.25, 0.3) is 0 Å². The van der Waals surface area contributed by atoms with Crippen molar-refractivity contribution in [2.75, 3.05) is 0 Å². The first-order chi connectivity index (χ1) is 6.33. The summed E-state index contributed by atoms with van der Waals surface area (Å²) in [5, 5.41) is 9.73. The van der Waals surface area contributed by atoms with Gasteiger partial charge in [-0.3, -0.25) is 0 Å². The Kier molecular flexibility index (Phi) is 2.36. The molecular formula is C10H16N2O. The van der Waals surface area contributed by atoms with Crippen LogP contribution in [0.15, 0.2) is 12.4 Å². The maximum atomic E-state index is 9.73. The Bertz CT molecular complexity index is 282. The van der Waals surface area contributed by atoms with Gasteiger partial charge in [-0.25, -0.2) is 4.98 Å².